The van der Waals surface area contributed by atoms with Gasteiger partial charge in [-0.2, -0.15) is 0 Å². The second-order valence-electron chi connectivity index (χ2n) is 4.15. The number of aliphatic hydroxyl groups is 1. The highest BCUT2D eigenvalue weighted by atomic mass is 79.9. The lowest BCUT2D eigenvalue weighted by molar-refractivity contribution is 0.281. The summed E-state index contributed by atoms with van der Waals surface area (Å²) in [6.45, 7) is 4.13. The number of halogens is 1. The van der Waals surface area contributed by atoms with Crippen LogP contribution >= 0.6 is 27.7 Å². The number of benzene rings is 1. The van der Waals surface area contributed by atoms with E-state index in [1.165, 1.54) is 5.56 Å². The van der Waals surface area contributed by atoms with Crippen molar-refractivity contribution in [2.75, 3.05) is 0 Å². The molecule has 0 amide bonds. The Labute approximate surface area is 120 Å². The van der Waals surface area contributed by atoms with E-state index in [1.807, 2.05) is 25.1 Å². The van der Waals surface area contributed by atoms with Crippen molar-refractivity contribution in [1.29, 1.82) is 0 Å². The minimum absolute atomic E-state index is 0.0609. The Kier molecular flexibility index (Phi) is 4.43. The van der Waals surface area contributed by atoms with Crippen LogP contribution in [0.25, 0.3) is 0 Å². The molecule has 1 aromatic carbocycles. The molecule has 2 aromatic rings. The van der Waals surface area contributed by atoms with Crippen LogP contribution in [-0.2, 0) is 6.61 Å². The third-order valence-corrected chi connectivity index (χ3v) is 4.38. The van der Waals surface area contributed by atoms with E-state index in [0.29, 0.717) is 0 Å². The first kappa shape index (κ1) is 13.6. The fraction of sp³-hybridized carbons (Fsp3) is 0.214. The molecule has 2 rings (SSSR count). The molecule has 0 aliphatic rings. The Bertz CT molecular complexity index is 551. The first-order chi connectivity index (χ1) is 8.58. The Morgan fingerprint density at radius 1 is 1.22 bits per heavy atom. The lowest BCUT2D eigenvalue weighted by Crippen LogP contribution is -1.88. The molecule has 1 heterocycles. The van der Waals surface area contributed by atoms with Crippen molar-refractivity contribution in [2.24, 2.45) is 0 Å². The highest BCUT2D eigenvalue weighted by Crippen LogP contribution is 2.33. The standard InChI is InChI=1S/C14H14BrNOS/c1-9-5-10(2)16-14(6-9)18-13-4-3-11(8-17)7-12(13)15/h3-7,17H,8H2,1-2H3. The van der Waals surface area contributed by atoms with Gasteiger partial charge in [0.15, 0.2) is 0 Å². The normalized spacial score (nSPS) is 10.7. The van der Waals surface area contributed by atoms with Crippen LogP contribution in [0.15, 0.2) is 44.7 Å². The number of aliphatic hydroxyl groups excluding tert-OH is 1. The van der Waals surface area contributed by atoms with Crippen molar-refractivity contribution in [1.82, 2.24) is 4.98 Å². The van der Waals surface area contributed by atoms with E-state index in [2.05, 4.69) is 40.0 Å². The van der Waals surface area contributed by atoms with Gasteiger partial charge in [0.1, 0.15) is 5.03 Å². The summed E-state index contributed by atoms with van der Waals surface area (Å²) in [5, 5.41) is 10.1. The van der Waals surface area contributed by atoms with Gasteiger partial charge >= 0.3 is 0 Å². The van der Waals surface area contributed by atoms with E-state index < -0.39 is 0 Å². The predicted molar refractivity (Wildman–Crippen MR) is 77.9 cm³/mol. The van der Waals surface area contributed by atoms with E-state index in [-0.39, 0.29) is 6.61 Å². The highest BCUT2D eigenvalue weighted by Gasteiger charge is 2.05. The Morgan fingerprint density at radius 2 is 2.00 bits per heavy atom. The van der Waals surface area contributed by atoms with Crippen molar-refractivity contribution in [3.8, 4) is 0 Å². The molecule has 0 fully saturated rings. The van der Waals surface area contributed by atoms with Crippen LogP contribution in [0.5, 0.6) is 0 Å². The maximum atomic E-state index is 9.08. The average Bonchev–Trinajstić information content (AvgIpc) is 2.30. The van der Waals surface area contributed by atoms with Crippen molar-refractivity contribution in [3.63, 3.8) is 0 Å². The quantitative estimate of drug-likeness (QED) is 0.922. The fourth-order valence-electron chi connectivity index (χ4n) is 1.69. The number of aromatic nitrogens is 1. The van der Waals surface area contributed by atoms with Crippen LogP contribution in [0.3, 0.4) is 0 Å². The third kappa shape index (κ3) is 3.34. The first-order valence-electron chi connectivity index (χ1n) is 5.61. The van der Waals surface area contributed by atoms with Gasteiger partial charge in [-0.05, 0) is 65.2 Å². The molecule has 1 N–H and O–H groups in total. The SMILES string of the molecule is Cc1cc(C)nc(Sc2ccc(CO)cc2Br)c1. The maximum Gasteiger partial charge on any atom is 0.101 e. The smallest absolute Gasteiger partial charge is 0.101 e. The van der Waals surface area contributed by atoms with E-state index in [0.717, 1.165) is 25.7 Å². The summed E-state index contributed by atoms with van der Waals surface area (Å²) in [6.07, 6.45) is 0. The second-order valence-corrected chi connectivity index (χ2v) is 6.07. The van der Waals surface area contributed by atoms with Gasteiger partial charge in [0, 0.05) is 15.1 Å². The molecule has 0 atom stereocenters. The van der Waals surface area contributed by atoms with Crippen LogP contribution in [0, 0.1) is 13.8 Å². The Balaban J connectivity index is 2.28. The summed E-state index contributed by atoms with van der Waals surface area (Å²) in [6, 6.07) is 10.00. The molecule has 4 heteroatoms. The topological polar surface area (TPSA) is 33.1 Å². The molecule has 0 spiro atoms. The number of hydrogen-bond acceptors (Lipinski definition) is 3. The first-order valence-corrected chi connectivity index (χ1v) is 7.22. The summed E-state index contributed by atoms with van der Waals surface area (Å²) >= 11 is 5.14. The highest BCUT2D eigenvalue weighted by molar-refractivity contribution is 9.10. The molecule has 1 aromatic heterocycles. The number of nitrogens with zero attached hydrogens (tertiary/aromatic N) is 1. The number of aryl methyl sites for hydroxylation is 2. The maximum absolute atomic E-state index is 9.08. The fourth-order valence-corrected chi connectivity index (χ4v) is 3.32. The molecule has 0 radical (unpaired) electrons. The minimum Gasteiger partial charge on any atom is -0.392 e. The van der Waals surface area contributed by atoms with Crippen LogP contribution in [0.4, 0.5) is 0 Å². The van der Waals surface area contributed by atoms with Gasteiger partial charge < -0.3 is 5.11 Å². The largest absolute Gasteiger partial charge is 0.392 e. The molecule has 94 valence electrons. The molecule has 18 heavy (non-hydrogen) atoms. The van der Waals surface area contributed by atoms with E-state index in [1.54, 1.807) is 11.8 Å². The molecule has 0 unspecified atom stereocenters. The van der Waals surface area contributed by atoms with E-state index >= 15 is 0 Å². The second kappa shape index (κ2) is 5.87. The van der Waals surface area contributed by atoms with Crippen molar-refractivity contribution in [3.05, 3.63) is 51.6 Å². The van der Waals surface area contributed by atoms with E-state index in [9.17, 15) is 0 Å². The Morgan fingerprint density at radius 3 is 2.61 bits per heavy atom. The molecule has 0 saturated heterocycles. The summed E-state index contributed by atoms with van der Waals surface area (Å²) in [4.78, 5) is 5.61. The molecular weight excluding hydrogens is 310 g/mol. The van der Waals surface area contributed by atoms with Gasteiger partial charge in [0.2, 0.25) is 0 Å². The zero-order valence-electron chi connectivity index (χ0n) is 10.3. The molecule has 2 nitrogen and oxygen atoms in total. The van der Waals surface area contributed by atoms with Crippen LogP contribution < -0.4 is 0 Å². The Hall–Kier alpha value is -0.840. The van der Waals surface area contributed by atoms with Gasteiger partial charge in [0.05, 0.1) is 6.61 Å². The van der Waals surface area contributed by atoms with Crippen LogP contribution in [0.2, 0.25) is 0 Å². The summed E-state index contributed by atoms with van der Waals surface area (Å²) in [5.74, 6) is 0. The number of rotatable bonds is 3. The summed E-state index contributed by atoms with van der Waals surface area (Å²) in [7, 11) is 0. The van der Waals surface area contributed by atoms with Crippen molar-refractivity contribution >= 4 is 27.7 Å². The average molecular weight is 324 g/mol. The molecule has 0 aliphatic carbocycles. The van der Waals surface area contributed by atoms with Gasteiger partial charge in [-0.25, -0.2) is 4.98 Å². The van der Waals surface area contributed by atoms with Crippen molar-refractivity contribution < 1.29 is 5.11 Å². The number of pyridine rings is 1. The van der Waals surface area contributed by atoms with Gasteiger partial charge in [-0.1, -0.05) is 17.8 Å². The summed E-state index contributed by atoms with van der Waals surface area (Å²) in [5.41, 5.74) is 3.15. The van der Waals surface area contributed by atoms with Crippen LogP contribution in [-0.4, -0.2) is 10.1 Å². The zero-order valence-corrected chi connectivity index (χ0v) is 12.7. The van der Waals surface area contributed by atoms with E-state index in [4.69, 9.17) is 5.11 Å². The third-order valence-electron chi connectivity index (χ3n) is 2.47. The zero-order chi connectivity index (χ0) is 13.1. The minimum atomic E-state index is 0.0609. The van der Waals surface area contributed by atoms with Gasteiger partial charge in [-0.3, -0.25) is 0 Å². The molecule has 0 aliphatic heterocycles. The lowest BCUT2D eigenvalue weighted by Gasteiger charge is -2.07. The van der Waals surface area contributed by atoms with Gasteiger partial charge in [-0.15, -0.1) is 0 Å². The lowest BCUT2D eigenvalue weighted by atomic mass is 10.2. The summed E-state index contributed by atoms with van der Waals surface area (Å²) < 4.78 is 0.986. The molecular formula is C14H14BrNOS. The molecule has 0 saturated carbocycles. The monoisotopic (exact) mass is 323 g/mol. The van der Waals surface area contributed by atoms with Crippen LogP contribution in [0.1, 0.15) is 16.8 Å². The predicted octanol–water partition coefficient (Wildman–Crippen LogP) is 4.10. The van der Waals surface area contributed by atoms with Crippen molar-refractivity contribution in [2.45, 2.75) is 30.4 Å². The van der Waals surface area contributed by atoms with Gasteiger partial charge in [0.25, 0.3) is 0 Å². The number of hydrogen-bond donors (Lipinski definition) is 1. The molecule has 0 bridgehead atoms.